The molecule has 0 N–H and O–H groups in total. The van der Waals surface area contributed by atoms with Crippen LogP contribution in [0.25, 0.3) is 0 Å². The van der Waals surface area contributed by atoms with Gasteiger partial charge < -0.3 is 18.8 Å². The van der Waals surface area contributed by atoms with Crippen molar-refractivity contribution in [2.45, 2.75) is 38.9 Å². The summed E-state index contributed by atoms with van der Waals surface area (Å²) in [4.78, 5) is 0. The Hall–Kier alpha value is -2.69. The minimum absolute atomic E-state index is 0.0808. The Bertz CT molecular complexity index is 1100. The molecule has 0 aromatic heterocycles. The monoisotopic (exact) mass is 396 g/mol. The highest BCUT2D eigenvalue weighted by Crippen LogP contribution is 2.38. The quantitative estimate of drug-likeness (QED) is 0.409. The van der Waals surface area contributed by atoms with E-state index in [0.29, 0.717) is 0 Å². The molecule has 0 amide bonds. The summed E-state index contributed by atoms with van der Waals surface area (Å²) in [5.41, 5.74) is 3.46. The lowest BCUT2D eigenvalue weighted by Gasteiger charge is -2.33. The molecule has 0 unspecified atom stereocenters. The molecule has 0 spiro atoms. The van der Waals surface area contributed by atoms with Crippen LogP contribution in [0, 0.1) is 0 Å². The molecule has 0 atom stereocenters. The van der Waals surface area contributed by atoms with Crippen LogP contribution < -0.4 is 31.3 Å². The van der Waals surface area contributed by atoms with Crippen LogP contribution in [0.1, 0.15) is 27.7 Å². The SMILES string of the molecule is CC1(C)OB(c2cc3c4c(c2)Oc2ccccc2B4c2ccccc2O3)OC1(C)C. The van der Waals surface area contributed by atoms with Gasteiger partial charge in [0.05, 0.1) is 11.2 Å². The second kappa shape index (κ2) is 5.93. The van der Waals surface area contributed by atoms with Crippen molar-refractivity contribution in [3.8, 4) is 23.0 Å². The van der Waals surface area contributed by atoms with E-state index in [9.17, 15) is 0 Å². The summed E-state index contributed by atoms with van der Waals surface area (Å²) < 4.78 is 25.3. The molecular weight excluding hydrogens is 374 g/mol. The van der Waals surface area contributed by atoms with Crippen molar-refractivity contribution in [3.63, 3.8) is 0 Å². The zero-order valence-electron chi connectivity index (χ0n) is 17.6. The van der Waals surface area contributed by atoms with E-state index in [0.717, 1.165) is 44.8 Å². The molecule has 4 nitrogen and oxygen atoms in total. The third kappa shape index (κ3) is 2.44. The molecule has 6 heteroatoms. The van der Waals surface area contributed by atoms with Crippen molar-refractivity contribution >= 4 is 35.7 Å². The second-order valence-corrected chi connectivity index (χ2v) is 9.23. The van der Waals surface area contributed by atoms with E-state index in [4.69, 9.17) is 18.8 Å². The predicted octanol–water partition coefficient (Wildman–Crippen LogP) is 2.71. The summed E-state index contributed by atoms with van der Waals surface area (Å²) in [6.45, 7) is 8.32. The van der Waals surface area contributed by atoms with Gasteiger partial charge in [0, 0.05) is 5.46 Å². The van der Waals surface area contributed by atoms with Gasteiger partial charge in [-0.15, -0.1) is 0 Å². The summed E-state index contributed by atoms with van der Waals surface area (Å²) in [6, 6.07) is 20.5. The molecule has 3 heterocycles. The van der Waals surface area contributed by atoms with E-state index in [1.54, 1.807) is 0 Å². The summed E-state index contributed by atoms with van der Waals surface area (Å²) in [7, 11) is -0.475. The van der Waals surface area contributed by atoms with E-state index in [-0.39, 0.29) is 6.71 Å². The summed E-state index contributed by atoms with van der Waals surface area (Å²) in [5.74, 6) is 3.36. The number of ether oxygens (including phenoxy) is 2. The zero-order chi connectivity index (χ0) is 20.7. The first-order chi connectivity index (χ1) is 14.3. The molecule has 0 aliphatic carbocycles. The Morgan fingerprint density at radius 2 is 1.10 bits per heavy atom. The predicted molar refractivity (Wildman–Crippen MR) is 120 cm³/mol. The first-order valence-corrected chi connectivity index (χ1v) is 10.4. The molecule has 3 aromatic rings. The van der Waals surface area contributed by atoms with Crippen molar-refractivity contribution < 1.29 is 18.8 Å². The van der Waals surface area contributed by atoms with E-state index in [1.165, 1.54) is 0 Å². The standard InChI is InChI=1S/C24H22B2O4/c1-23(2)24(3,4)30-26(29-23)15-13-20-22-21(14-15)28-19-12-8-6-10-17(19)25(22)16-9-5-7-11-18(16)27-20/h5-14H,1-4H3. The van der Waals surface area contributed by atoms with Gasteiger partial charge in [-0.25, -0.2) is 0 Å². The Labute approximate surface area is 177 Å². The Morgan fingerprint density at radius 3 is 1.60 bits per heavy atom. The molecule has 1 saturated heterocycles. The van der Waals surface area contributed by atoms with Gasteiger partial charge in [0.25, 0.3) is 6.71 Å². The highest BCUT2D eigenvalue weighted by atomic mass is 16.7. The molecule has 6 rings (SSSR count). The van der Waals surface area contributed by atoms with Crippen molar-refractivity contribution in [3.05, 3.63) is 60.7 Å². The van der Waals surface area contributed by atoms with Crippen LogP contribution in [0.5, 0.6) is 23.0 Å². The number of para-hydroxylation sites is 2. The van der Waals surface area contributed by atoms with Crippen LogP contribution in [-0.2, 0) is 9.31 Å². The first kappa shape index (κ1) is 18.1. The van der Waals surface area contributed by atoms with Gasteiger partial charge in [-0.2, -0.15) is 0 Å². The summed E-state index contributed by atoms with van der Waals surface area (Å²) in [6.07, 6.45) is 0. The maximum Gasteiger partial charge on any atom is 0.495 e. The molecule has 3 aliphatic heterocycles. The Balaban J connectivity index is 1.53. The molecular formula is C24H22B2O4. The van der Waals surface area contributed by atoms with E-state index in [2.05, 4.69) is 52.0 Å². The average Bonchev–Trinajstić information content (AvgIpc) is 2.94. The lowest BCUT2D eigenvalue weighted by atomic mass is 9.34. The molecule has 0 bridgehead atoms. The van der Waals surface area contributed by atoms with Crippen LogP contribution >= 0.6 is 0 Å². The molecule has 1 fully saturated rings. The third-order valence-electron chi connectivity index (χ3n) is 6.84. The number of hydrogen-bond donors (Lipinski definition) is 0. The summed E-state index contributed by atoms with van der Waals surface area (Å²) in [5, 5.41) is 0. The largest absolute Gasteiger partial charge is 0.495 e. The van der Waals surface area contributed by atoms with E-state index >= 15 is 0 Å². The van der Waals surface area contributed by atoms with Crippen LogP contribution in [0.4, 0.5) is 0 Å². The number of benzene rings is 3. The molecule has 0 radical (unpaired) electrons. The Kier molecular flexibility index (Phi) is 3.58. The van der Waals surface area contributed by atoms with Crippen LogP contribution in [0.2, 0.25) is 0 Å². The van der Waals surface area contributed by atoms with Gasteiger partial charge in [-0.05, 0) is 68.3 Å². The van der Waals surface area contributed by atoms with Gasteiger partial charge in [0.1, 0.15) is 23.0 Å². The van der Waals surface area contributed by atoms with Crippen molar-refractivity contribution in [1.82, 2.24) is 0 Å². The highest BCUT2D eigenvalue weighted by Gasteiger charge is 2.52. The fourth-order valence-electron chi connectivity index (χ4n) is 4.53. The van der Waals surface area contributed by atoms with E-state index in [1.807, 2.05) is 36.4 Å². The lowest BCUT2D eigenvalue weighted by molar-refractivity contribution is 0.00578. The number of fused-ring (bicyclic) bond motifs is 4. The molecule has 30 heavy (non-hydrogen) atoms. The number of hydrogen-bond acceptors (Lipinski definition) is 4. The second-order valence-electron chi connectivity index (χ2n) is 9.23. The van der Waals surface area contributed by atoms with Crippen molar-refractivity contribution in [1.29, 1.82) is 0 Å². The van der Waals surface area contributed by atoms with Gasteiger partial charge >= 0.3 is 7.12 Å². The topological polar surface area (TPSA) is 36.9 Å². The lowest BCUT2D eigenvalue weighted by Crippen LogP contribution is -2.58. The Morgan fingerprint density at radius 1 is 0.633 bits per heavy atom. The molecule has 3 aliphatic rings. The van der Waals surface area contributed by atoms with Crippen LogP contribution in [-0.4, -0.2) is 25.0 Å². The van der Waals surface area contributed by atoms with Gasteiger partial charge in [0.2, 0.25) is 0 Å². The maximum absolute atomic E-state index is 6.35. The summed E-state index contributed by atoms with van der Waals surface area (Å²) >= 11 is 0. The van der Waals surface area contributed by atoms with Crippen LogP contribution in [0.3, 0.4) is 0 Å². The van der Waals surface area contributed by atoms with Gasteiger partial charge in [-0.1, -0.05) is 36.4 Å². The van der Waals surface area contributed by atoms with Gasteiger partial charge in [-0.3, -0.25) is 0 Å². The normalized spacial score (nSPS) is 19.3. The van der Waals surface area contributed by atoms with Gasteiger partial charge in [0.15, 0.2) is 0 Å². The molecule has 3 aromatic carbocycles. The zero-order valence-corrected chi connectivity index (χ0v) is 17.6. The number of rotatable bonds is 1. The minimum Gasteiger partial charge on any atom is -0.458 e. The van der Waals surface area contributed by atoms with Crippen molar-refractivity contribution in [2.24, 2.45) is 0 Å². The van der Waals surface area contributed by atoms with Crippen LogP contribution in [0.15, 0.2) is 60.7 Å². The third-order valence-corrected chi connectivity index (χ3v) is 6.84. The minimum atomic E-state index is -0.475. The first-order valence-electron chi connectivity index (χ1n) is 10.4. The molecule has 148 valence electrons. The smallest absolute Gasteiger partial charge is 0.458 e. The van der Waals surface area contributed by atoms with Crippen molar-refractivity contribution in [2.75, 3.05) is 0 Å². The maximum atomic E-state index is 6.35. The fourth-order valence-corrected chi connectivity index (χ4v) is 4.53. The highest BCUT2D eigenvalue weighted by molar-refractivity contribution is 6.98. The van der Waals surface area contributed by atoms with E-state index < -0.39 is 18.3 Å². The molecule has 0 saturated carbocycles. The fraction of sp³-hybridized carbons (Fsp3) is 0.250. The average molecular weight is 396 g/mol.